The minimum atomic E-state index is -0.0702. The van der Waals surface area contributed by atoms with E-state index in [1.807, 2.05) is 10.8 Å². The van der Waals surface area contributed by atoms with Crippen molar-refractivity contribution in [3.8, 4) is 5.69 Å². The Morgan fingerprint density at radius 2 is 1.71 bits per heavy atom. The molecule has 0 saturated carbocycles. The number of aromatic amines is 1. The van der Waals surface area contributed by atoms with Gasteiger partial charge in [0.25, 0.3) is 0 Å². The van der Waals surface area contributed by atoms with E-state index in [-0.39, 0.29) is 6.04 Å². The van der Waals surface area contributed by atoms with Crippen molar-refractivity contribution in [3.63, 3.8) is 0 Å². The number of piperazine rings is 1. The van der Waals surface area contributed by atoms with Gasteiger partial charge in [0.2, 0.25) is 0 Å². The van der Waals surface area contributed by atoms with Gasteiger partial charge in [0.15, 0.2) is 5.82 Å². The number of benzene rings is 3. The molecule has 7 nitrogen and oxygen atoms in total. The van der Waals surface area contributed by atoms with E-state index in [0.717, 1.165) is 60.9 Å². The number of hydrogen-bond acceptors (Lipinski definition) is 5. The molecule has 0 unspecified atom stereocenters. The summed E-state index contributed by atoms with van der Waals surface area (Å²) in [6.07, 6.45) is 4.05. The number of para-hydroxylation sites is 2. The summed E-state index contributed by atoms with van der Waals surface area (Å²) in [6, 6.07) is 23.3. The van der Waals surface area contributed by atoms with Crippen molar-refractivity contribution in [2.45, 2.75) is 26.4 Å². The Morgan fingerprint density at radius 3 is 2.50 bits per heavy atom. The van der Waals surface area contributed by atoms with Crippen LogP contribution in [-0.2, 0) is 6.54 Å². The second-order valence-electron chi connectivity index (χ2n) is 10.1. The lowest BCUT2D eigenvalue weighted by molar-refractivity contribution is 0.101. The number of aryl methyl sites for hydroxylation is 2. The molecule has 5 aromatic rings. The number of nitrogens with one attached hydrogen (secondary N) is 1. The van der Waals surface area contributed by atoms with Crippen molar-refractivity contribution < 1.29 is 0 Å². The molecule has 1 aliphatic rings. The molecule has 0 bridgehead atoms. The van der Waals surface area contributed by atoms with Gasteiger partial charge in [-0.1, -0.05) is 67.3 Å². The quantitative estimate of drug-likeness (QED) is 0.326. The molecule has 1 aliphatic heterocycles. The first-order chi connectivity index (χ1) is 18.6. The van der Waals surface area contributed by atoms with Gasteiger partial charge < -0.3 is 4.98 Å². The van der Waals surface area contributed by atoms with Crippen molar-refractivity contribution in [1.82, 2.24) is 35.0 Å². The average Bonchev–Trinajstić information content (AvgIpc) is 3.58. The minimum absolute atomic E-state index is 0.0702. The summed E-state index contributed by atoms with van der Waals surface area (Å²) >= 11 is 0. The molecule has 1 saturated heterocycles. The molecule has 7 heteroatoms. The lowest BCUT2D eigenvalue weighted by atomic mass is 10.00. The third kappa shape index (κ3) is 4.55. The number of hydrogen-bond donors (Lipinski definition) is 1. The van der Waals surface area contributed by atoms with E-state index in [0.29, 0.717) is 0 Å². The Labute approximate surface area is 223 Å². The summed E-state index contributed by atoms with van der Waals surface area (Å²) in [7, 11) is 0. The van der Waals surface area contributed by atoms with Gasteiger partial charge in [-0.25, -0.2) is 0 Å². The predicted molar refractivity (Wildman–Crippen MR) is 152 cm³/mol. The van der Waals surface area contributed by atoms with Gasteiger partial charge in [0.1, 0.15) is 0 Å². The highest BCUT2D eigenvalue weighted by Gasteiger charge is 2.32. The van der Waals surface area contributed by atoms with Crippen LogP contribution in [0.1, 0.15) is 39.7 Å². The highest BCUT2D eigenvalue weighted by molar-refractivity contribution is 5.82. The molecule has 0 spiro atoms. The van der Waals surface area contributed by atoms with Crippen molar-refractivity contribution in [2.75, 3.05) is 26.2 Å². The van der Waals surface area contributed by atoms with Gasteiger partial charge in [0.05, 0.1) is 11.7 Å². The van der Waals surface area contributed by atoms with E-state index in [2.05, 4.69) is 124 Å². The Balaban J connectivity index is 1.31. The van der Waals surface area contributed by atoms with Gasteiger partial charge in [-0.05, 0) is 64.2 Å². The fourth-order valence-electron chi connectivity index (χ4n) is 5.73. The number of nitrogens with zero attached hydrogens (tertiary/aromatic N) is 6. The van der Waals surface area contributed by atoms with Crippen LogP contribution in [0.2, 0.25) is 0 Å². The van der Waals surface area contributed by atoms with E-state index >= 15 is 0 Å². The Morgan fingerprint density at radius 1 is 0.947 bits per heavy atom. The topological polar surface area (TPSA) is 65.9 Å². The zero-order valence-corrected chi connectivity index (χ0v) is 22.0. The van der Waals surface area contributed by atoms with E-state index in [1.165, 1.54) is 22.0 Å². The summed E-state index contributed by atoms with van der Waals surface area (Å²) in [5, 5.41) is 14.6. The molecular formula is C31H33N7. The molecule has 0 amide bonds. The first-order valence-electron chi connectivity index (χ1n) is 13.2. The number of rotatable bonds is 7. The zero-order chi connectivity index (χ0) is 26.1. The number of tetrazole rings is 1. The molecule has 1 fully saturated rings. The molecule has 0 aliphatic carbocycles. The van der Waals surface area contributed by atoms with Crippen LogP contribution in [0.4, 0.5) is 0 Å². The van der Waals surface area contributed by atoms with E-state index < -0.39 is 0 Å². The monoisotopic (exact) mass is 503 g/mol. The van der Waals surface area contributed by atoms with Gasteiger partial charge in [-0.15, -0.1) is 5.10 Å². The highest BCUT2D eigenvalue weighted by Crippen LogP contribution is 2.32. The molecule has 2 aromatic heterocycles. The first-order valence-corrected chi connectivity index (χ1v) is 13.2. The maximum atomic E-state index is 4.61. The van der Waals surface area contributed by atoms with Crippen LogP contribution in [0, 0.1) is 13.8 Å². The van der Waals surface area contributed by atoms with Gasteiger partial charge in [-0.2, -0.15) is 4.68 Å². The lowest BCUT2D eigenvalue weighted by Crippen LogP contribution is -2.47. The first kappa shape index (κ1) is 24.3. The predicted octanol–water partition coefficient (Wildman–Crippen LogP) is 5.31. The van der Waals surface area contributed by atoms with E-state index in [4.69, 9.17) is 0 Å². The van der Waals surface area contributed by atoms with Crippen LogP contribution in [0.3, 0.4) is 0 Å². The van der Waals surface area contributed by atoms with Gasteiger partial charge in [0, 0.05) is 49.8 Å². The Hall–Kier alpha value is -4.07. The SMILES string of the molecule is C=Cc1cccc([C@H](c2nnnn2-c2c(C)cccc2C)N2CCN(Cc3c[nH]c4ccccc34)CC2)c1. The largest absolute Gasteiger partial charge is 0.361 e. The minimum Gasteiger partial charge on any atom is -0.361 e. The number of aromatic nitrogens is 5. The number of fused-ring (bicyclic) bond motifs is 1. The van der Waals surface area contributed by atoms with E-state index in [1.54, 1.807) is 0 Å². The molecule has 1 atom stereocenters. The molecule has 3 heterocycles. The standard InChI is InChI=1S/C31H33N7/c1-4-24-11-8-12-25(19-24)30(31-33-34-35-38(31)29-22(2)9-7-10-23(29)3)37-17-15-36(16-18-37)21-26-20-32-28-14-6-5-13-27(26)28/h4-14,19-20,30,32H,1,15-18,21H2,2-3H3/t30-/m1/s1. The summed E-state index contributed by atoms with van der Waals surface area (Å²) in [5.74, 6) is 0.841. The Kier molecular flexibility index (Phi) is 6.62. The number of H-pyrrole nitrogens is 1. The smallest absolute Gasteiger partial charge is 0.178 e. The third-order valence-electron chi connectivity index (χ3n) is 7.69. The fraction of sp³-hybridized carbons (Fsp3) is 0.258. The molecule has 38 heavy (non-hydrogen) atoms. The summed E-state index contributed by atoms with van der Waals surface area (Å²) in [5.41, 5.74) is 8.17. The van der Waals surface area contributed by atoms with Gasteiger partial charge >= 0.3 is 0 Å². The van der Waals surface area contributed by atoms with Gasteiger partial charge in [-0.3, -0.25) is 9.80 Å². The second-order valence-corrected chi connectivity index (χ2v) is 10.1. The molecule has 6 rings (SSSR count). The molecule has 192 valence electrons. The Bertz CT molecular complexity index is 1550. The van der Waals surface area contributed by atoms with Crippen molar-refractivity contribution in [3.05, 3.63) is 113 Å². The molecule has 3 aromatic carbocycles. The normalized spacial score (nSPS) is 15.6. The maximum Gasteiger partial charge on any atom is 0.178 e. The molecule has 1 N–H and O–H groups in total. The molecule has 0 radical (unpaired) electrons. The van der Waals surface area contributed by atoms with Crippen LogP contribution >= 0.6 is 0 Å². The van der Waals surface area contributed by atoms with Crippen molar-refractivity contribution >= 4 is 17.0 Å². The van der Waals surface area contributed by atoms with E-state index in [9.17, 15) is 0 Å². The summed E-state index contributed by atoms with van der Waals surface area (Å²) in [6.45, 7) is 13.0. The summed E-state index contributed by atoms with van der Waals surface area (Å²) in [4.78, 5) is 8.47. The second kappa shape index (κ2) is 10.4. The van der Waals surface area contributed by atoms with Crippen LogP contribution in [-0.4, -0.2) is 61.2 Å². The zero-order valence-electron chi connectivity index (χ0n) is 22.0. The van der Waals surface area contributed by atoms with Crippen molar-refractivity contribution in [2.24, 2.45) is 0 Å². The summed E-state index contributed by atoms with van der Waals surface area (Å²) < 4.78 is 1.94. The third-order valence-corrected chi connectivity index (χ3v) is 7.69. The highest BCUT2D eigenvalue weighted by atomic mass is 15.6. The lowest BCUT2D eigenvalue weighted by Gasteiger charge is -2.39. The van der Waals surface area contributed by atoms with Crippen LogP contribution in [0.5, 0.6) is 0 Å². The van der Waals surface area contributed by atoms with Crippen molar-refractivity contribution in [1.29, 1.82) is 0 Å². The van der Waals surface area contributed by atoms with Crippen LogP contribution in [0.25, 0.3) is 22.7 Å². The van der Waals surface area contributed by atoms with Crippen LogP contribution < -0.4 is 0 Å². The average molecular weight is 504 g/mol. The fourth-order valence-corrected chi connectivity index (χ4v) is 5.73. The van der Waals surface area contributed by atoms with Crippen LogP contribution in [0.15, 0.2) is 79.5 Å². The maximum absolute atomic E-state index is 4.61. The molecular weight excluding hydrogens is 470 g/mol.